The van der Waals surface area contributed by atoms with Gasteiger partial charge in [0.25, 0.3) is 0 Å². The van der Waals surface area contributed by atoms with Crippen LogP contribution in [0.2, 0.25) is 0 Å². The number of thioether (sulfide) groups is 1. The predicted octanol–water partition coefficient (Wildman–Crippen LogP) is 1.02. The second-order valence-corrected chi connectivity index (χ2v) is 4.51. The minimum absolute atomic E-state index is 0.322. The number of carbonyl (C=O) groups is 1. The maximum Gasteiger partial charge on any atom is 0.324 e. The van der Waals surface area contributed by atoms with Crippen molar-refractivity contribution in [1.82, 2.24) is 0 Å². The van der Waals surface area contributed by atoms with Gasteiger partial charge in [-0.3, -0.25) is 4.79 Å². The fourth-order valence-electron chi connectivity index (χ4n) is 0.625. The van der Waals surface area contributed by atoms with Gasteiger partial charge in [-0.05, 0) is 27.0 Å². The highest BCUT2D eigenvalue weighted by molar-refractivity contribution is 7.98. The van der Waals surface area contributed by atoms with Crippen LogP contribution in [0.25, 0.3) is 0 Å². The van der Waals surface area contributed by atoms with Gasteiger partial charge in [-0.25, -0.2) is 0 Å². The van der Waals surface area contributed by atoms with Crippen molar-refractivity contribution in [2.24, 2.45) is 5.73 Å². The first-order valence-corrected chi connectivity index (χ1v) is 5.23. The van der Waals surface area contributed by atoms with Crippen LogP contribution in [0.1, 0.15) is 20.8 Å². The van der Waals surface area contributed by atoms with Crippen molar-refractivity contribution in [2.45, 2.75) is 32.4 Å². The van der Waals surface area contributed by atoms with E-state index in [1.807, 2.05) is 27.0 Å². The van der Waals surface area contributed by atoms with Crippen LogP contribution in [0.5, 0.6) is 0 Å². The first kappa shape index (κ1) is 11.8. The molecule has 0 aliphatic heterocycles. The number of nitrogens with two attached hydrogens (primary N) is 1. The summed E-state index contributed by atoms with van der Waals surface area (Å²) in [7, 11) is 0. The normalized spacial score (nSPS) is 14.1. The van der Waals surface area contributed by atoms with Gasteiger partial charge in [0.15, 0.2) is 0 Å². The summed E-state index contributed by atoms with van der Waals surface area (Å²) in [5, 5.41) is 0. The van der Waals surface area contributed by atoms with Gasteiger partial charge in [0.1, 0.15) is 11.6 Å². The van der Waals surface area contributed by atoms with Crippen molar-refractivity contribution >= 4 is 17.7 Å². The number of rotatable bonds is 3. The maximum atomic E-state index is 11.2. The first-order chi connectivity index (χ1) is 5.37. The third kappa shape index (κ3) is 5.43. The topological polar surface area (TPSA) is 52.3 Å². The minimum Gasteiger partial charge on any atom is -0.459 e. The molecule has 0 fully saturated rings. The highest BCUT2D eigenvalue weighted by Gasteiger charge is 2.21. The zero-order valence-electron chi connectivity index (χ0n) is 8.09. The van der Waals surface area contributed by atoms with Crippen LogP contribution in [0.3, 0.4) is 0 Å². The zero-order chi connectivity index (χ0) is 9.78. The van der Waals surface area contributed by atoms with Crippen LogP contribution in [-0.2, 0) is 9.53 Å². The van der Waals surface area contributed by atoms with Crippen molar-refractivity contribution in [3.63, 3.8) is 0 Å². The molecule has 2 N–H and O–H groups in total. The lowest BCUT2D eigenvalue weighted by atomic mass is 10.2. The molecule has 72 valence electrons. The monoisotopic (exact) mass is 191 g/mol. The molecule has 0 saturated heterocycles. The van der Waals surface area contributed by atoms with E-state index >= 15 is 0 Å². The first-order valence-electron chi connectivity index (χ1n) is 3.84. The second kappa shape index (κ2) is 4.72. The van der Waals surface area contributed by atoms with E-state index in [9.17, 15) is 4.79 Å². The molecule has 0 aromatic carbocycles. The van der Waals surface area contributed by atoms with Crippen LogP contribution in [-0.4, -0.2) is 29.6 Å². The molecule has 4 heteroatoms. The molecule has 0 heterocycles. The van der Waals surface area contributed by atoms with E-state index in [-0.39, 0.29) is 5.97 Å². The average molecular weight is 191 g/mol. The van der Waals surface area contributed by atoms with Gasteiger partial charge in [-0.2, -0.15) is 11.8 Å². The smallest absolute Gasteiger partial charge is 0.324 e. The molecule has 3 nitrogen and oxygen atoms in total. The highest BCUT2D eigenvalue weighted by atomic mass is 32.2. The molecule has 0 radical (unpaired) electrons. The van der Waals surface area contributed by atoms with Crippen LogP contribution < -0.4 is 5.73 Å². The van der Waals surface area contributed by atoms with Gasteiger partial charge in [-0.15, -0.1) is 0 Å². The van der Waals surface area contributed by atoms with E-state index in [1.165, 1.54) is 11.8 Å². The van der Waals surface area contributed by atoms with Gasteiger partial charge in [0, 0.05) is 5.75 Å². The minimum atomic E-state index is -0.501. The predicted molar refractivity (Wildman–Crippen MR) is 52.2 cm³/mol. The average Bonchev–Trinajstić information content (AvgIpc) is 1.84. The van der Waals surface area contributed by atoms with Gasteiger partial charge in [0.05, 0.1) is 0 Å². The number of carbonyl (C=O) groups excluding carboxylic acids is 1. The van der Waals surface area contributed by atoms with Crippen molar-refractivity contribution in [3.05, 3.63) is 0 Å². The summed E-state index contributed by atoms with van der Waals surface area (Å²) in [4.78, 5) is 11.2. The Morgan fingerprint density at radius 1 is 1.58 bits per heavy atom. The van der Waals surface area contributed by atoms with E-state index in [2.05, 4.69) is 0 Å². The maximum absolute atomic E-state index is 11.2. The van der Waals surface area contributed by atoms with Crippen LogP contribution in [0.15, 0.2) is 0 Å². The summed E-state index contributed by atoms with van der Waals surface area (Å²) in [5.41, 5.74) is 5.10. The third-order valence-corrected chi connectivity index (χ3v) is 1.75. The Bertz CT molecular complexity index is 154. The molecule has 0 saturated carbocycles. The van der Waals surface area contributed by atoms with E-state index in [1.54, 1.807) is 0 Å². The third-order valence-electron chi connectivity index (χ3n) is 1.06. The molecular formula is C8H17NO2S. The highest BCUT2D eigenvalue weighted by Crippen LogP contribution is 2.08. The molecule has 0 rings (SSSR count). The molecule has 0 aliphatic carbocycles. The Hall–Kier alpha value is -0.220. The van der Waals surface area contributed by atoms with E-state index in [4.69, 9.17) is 10.5 Å². The summed E-state index contributed by atoms with van der Waals surface area (Å²) in [6, 6.07) is -0.501. The van der Waals surface area contributed by atoms with E-state index in [0.29, 0.717) is 5.75 Å². The number of hydrogen-bond donors (Lipinski definition) is 1. The molecule has 0 spiro atoms. The van der Waals surface area contributed by atoms with E-state index < -0.39 is 11.6 Å². The lowest BCUT2D eigenvalue weighted by Crippen LogP contribution is -2.38. The van der Waals surface area contributed by atoms with Crippen molar-refractivity contribution in [2.75, 3.05) is 12.0 Å². The lowest BCUT2D eigenvalue weighted by Gasteiger charge is -2.21. The molecule has 12 heavy (non-hydrogen) atoms. The molecule has 0 aromatic rings. The van der Waals surface area contributed by atoms with Crippen molar-refractivity contribution < 1.29 is 9.53 Å². The Morgan fingerprint density at radius 2 is 2.08 bits per heavy atom. The molecule has 0 aromatic heterocycles. The summed E-state index contributed by atoms with van der Waals surface area (Å²) in [6.45, 7) is 5.49. The Balaban J connectivity index is 3.87. The number of ether oxygens (including phenoxy) is 1. The summed E-state index contributed by atoms with van der Waals surface area (Å²) in [5.74, 6) is 0.284. The quantitative estimate of drug-likeness (QED) is 0.677. The summed E-state index contributed by atoms with van der Waals surface area (Å²) in [6.07, 6.45) is 1.91. The van der Waals surface area contributed by atoms with Crippen molar-refractivity contribution in [1.29, 1.82) is 0 Å². The van der Waals surface area contributed by atoms with Crippen LogP contribution in [0, 0.1) is 0 Å². The SMILES string of the molecule is CSC[C@H](N)C(=O)OC(C)(C)C. The van der Waals surface area contributed by atoms with Crippen LogP contribution in [0.4, 0.5) is 0 Å². The van der Waals surface area contributed by atoms with Gasteiger partial charge >= 0.3 is 5.97 Å². The Kier molecular flexibility index (Phi) is 4.63. The van der Waals surface area contributed by atoms with Gasteiger partial charge < -0.3 is 10.5 Å². The number of esters is 1. The molecular weight excluding hydrogens is 174 g/mol. The van der Waals surface area contributed by atoms with Gasteiger partial charge in [-0.1, -0.05) is 0 Å². The molecule has 1 atom stereocenters. The molecule has 0 amide bonds. The summed E-state index contributed by atoms with van der Waals surface area (Å²) >= 11 is 1.54. The Labute approximate surface area is 78.0 Å². The largest absolute Gasteiger partial charge is 0.459 e. The zero-order valence-corrected chi connectivity index (χ0v) is 8.90. The molecule has 0 unspecified atom stereocenters. The second-order valence-electron chi connectivity index (χ2n) is 3.60. The van der Waals surface area contributed by atoms with Crippen LogP contribution >= 0.6 is 11.8 Å². The van der Waals surface area contributed by atoms with E-state index in [0.717, 1.165) is 0 Å². The molecule has 0 aliphatic rings. The summed E-state index contributed by atoms with van der Waals surface area (Å²) < 4.78 is 5.07. The van der Waals surface area contributed by atoms with Gasteiger partial charge in [0.2, 0.25) is 0 Å². The fourth-order valence-corrected chi connectivity index (χ4v) is 1.12. The lowest BCUT2D eigenvalue weighted by molar-refractivity contribution is -0.155. The Morgan fingerprint density at radius 3 is 2.42 bits per heavy atom. The standard InChI is InChI=1S/C8H17NO2S/c1-8(2,3)11-7(10)6(9)5-12-4/h6H,5,9H2,1-4H3/t6-/m0/s1. The van der Waals surface area contributed by atoms with Crippen molar-refractivity contribution in [3.8, 4) is 0 Å². The number of hydrogen-bond acceptors (Lipinski definition) is 4. The fraction of sp³-hybridized carbons (Fsp3) is 0.875. The molecule has 0 bridgehead atoms.